The van der Waals surface area contributed by atoms with Crippen LogP contribution < -0.4 is 15.5 Å². The number of benzene rings is 2. The fourth-order valence-corrected chi connectivity index (χ4v) is 2.42. The summed E-state index contributed by atoms with van der Waals surface area (Å²) in [5.41, 5.74) is 2.07. The molecule has 1 heterocycles. The maximum atomic E-state index is 13.3. The number of rotatable bonds is 4. The molecule has 3 rings (SSSR count). The number of halogens is 1. The molecular formula is C17H14BFN2O2. The van der Waals surface area contributed by atoms with Gasteiger partial charge in [0.25, 0.3) is 5.91 Å². The van der Waals surface area contributed by atoms with Crippen molar-refractivity contribution in [3.8, 4) is 5.75 Å². The van der Waals surface area contributed by atoms with Gasteiger partial charge in [-0.1, -0.05) is 17.6 Å². The highest BCUT2D eigenvalue weighted by Gasteiger charge is 2.11. The average Bonchev–Trinajstić information content (AvgIpc) is 2.97. The van der Waals surface area contributed by atoms with Gasteiger partial charge in [-0.25, -0.2) is 4.39 Å². The van der Waals surface area contributed by atoms with Crippen LogP contribution in [0, 0.1) is 5.82 Å². The quantitative estimate of drug-likeness (QED) is 0.725. The van der Waals surface area contributed by atoms with E-state index in [1.54, 1.807) is 13.2 Å². The monoisotopic (exact) mass is 308 g/mol. The normalized spacial score (nSPS) is 10.7. The zero-order chi connectivity index (χ0) is 16.4. The van der Waals surface area contributed by atoms with Crippen LogP contribution in [0.5, 0.6) is 5.75 Å². The fourth-order valence-electron chi connectivity index (χ4n) is 2.42. The highest BCUT2D eigenvalue weighted by Crippen LogP contribution is 2.15. The predicted molar refractivity (Wildman–Crippen MR) is 87.8 cm³/mol. The molecule has 0 saturated carbocycles. The molecule has 0 bridgehead atoms. The second-order valence-corrected chi connectivity index (χ2v) is 5.18. The standard InChI is InChI=1S/C17H14BFN2O2/c1-23-13-4-2-3-10(5-13)9-20-17(22)15-7-11-6-12(19)8-14(18)16(11)21-15/h2-8,21H,9H2,1H3,(H,20,22). The number of carbonyl (C=O) groups excluding carboxylic acids is 1. The molecule has 1 aromatic heterocycles. The summed E-state index contributed by atoms with van der Waals surface area (Å²) in [6.07, 6.45) is 0. The van der Waals surface area contributed by atoms with Gasteiger partial charge in [0.2, 0.25) is 0 Å². The van der Waals surface area contributed by atoms with Crippen LogP contribution in [0.15, 0.2) is 42.5 Å². The molecule has 0 aliphatic rings. The van der Waals surface area contributed by atoms with Gasteiger partial charge in [-0.15, -0.1) is 0 Å². The molecule has 0 unspecified atom stereocenters. The van der Waals surface area contributed by atoms with Crippen LogP contribution in [0.3, 0.4) is 0 Å². The van der Waals surface area contributed by atoms with E-state index in [0.29, 0.717) is 23.1 Å². The lowest BCUT2D eigenvalue weighted by atomic mass is 9.94. The summed E-state index contributed by atoms with van der Waals surface area (Å²) in [5, 5.41) is 3.37. The van der Waals surface area contributed by atoms with Gasteiger partial charge < -0.3 is 15.0 Å². The van der Waals surface area contributed by atoms with Crippen molar-refractivity contribution in [1.29, 1.82) is 0 Å². The molecule has 4 nitrogen and oxygen atoms in total. The van der Waals surface area contributed by atoms with Gasteiger partial charge >= 0.3 is 0 Å². The Labute approximate surface area is 134 Å². The molecule has 23 heavy (non-hydrogen) atoms. The average molecular weight is 308 g/mol. The Morgan fingerprint density at radius 3 is 2.91 bits per heavy atom. The van der Waals surface area contributed by atoms with Gasteiger partial charge in [-0.05, 0) is 35.9 Å². The third-order valence-electron chi connectivity index (χ3n) is 3.56. The molecule has 114 valence electrons. The number of methoxy groups -OCH3 is 1. The maximum absolute atomic E-state index is 13.3. The minimum Gasteiger partial charge on any atom is -0.497 e. The lowest BCUT2D eigenvalue weighted by Gasteiger charge is -2.06. The number of carbonyl (C=O) groups is 1. The summed E-state index contributed by atoms with van der Waals surface area (Å²) in [6.45, 7) is 0.356. The summed E-state index contributed by atoms with van der Waals surface area (Å²) in [5.74, 6) is 0.00627. The molecule has 0 spiro atoms. The van der Waals surface area contributed by atoms with E-state index >= 15 is 0 Å². The molecule has 2 N–H and O–H groups in total. The Balaban J connectivity index is 1.76. The largest absolute Gasteiger partial charge is 0.497 e. The van der Waals surface area contributed by atoms with Crippen molar-refractivity contribution in [2.24, 2.45) is 0 Å². The van der Waals surface area contributed by atoms with Crippen LogP contribution in [0.4, 0.5) is 4.39 Å². The molecule has 2 radical (unpaired) electrons. The highest BCUT2D eigenvalue weighted by atomic mass is 19.1. The Kier molecular flexibility index (Phi) is 4.06. The second-order valence-electron chi connectivity index (χ2n) is 5.18. The Bertz CT molecular complexity index is 876. The smallest absolute Gasteiger partial charge is 0.267 e. The number of fused-ring (bicyclic) bond motifs is 1. The number of amides is 1. The summed E-state index contributed by atoms with van der Waals surface area (Å²) >= 11 is 0. The summed E-state index contributed by atoms with van der Waals surface area (Å²) in [4.78, 5) is 15.2. The van der Waals surface area contributed by atoms with Crippen LogP contribution >= 0.6 is 0 Å². The number of nitrogens with one attached hydrogen (secondary N) is 2. The third kappa shape index (κ3) is 3.21. The van der Waals surface area contributed by atoms with Crippen molar-refractivity contribution in [2.45, 2.75) is 6.54 Å². The fraction of sp³-hybridized carbons (Fsp3) is 0.118. The second kappa shape index (κ2) is 6.16. The Morgan fingerprint density at radius 1 is 1.30 bits per heavy atom. The van der Waals surface area contributed by atoms with Crippen molar-refractivity contribution in [3.63, 3.8) is 0 Å². The number of H-pyrrole nitrogens is 1. The van der Waals surface area contributed by atoms with Crippen molar-refractivity contribution in [3.05, 3.63) is 59.5 Å². The molecule has 6 heteroatoms. The number of aromatic nitrogens is 1. The van der Waals surface area contributed by atoms with E-state index < -0.39 is 5.82 Å². The van der Waals surface area contributed by atoms with E-state index in [1.165, 1.54) is 12.1 Å². The first-order valence-corrected chi connectivity index (χ1v) is 7.05. The van der Waals surface area contributed by atoms with Crippen molar-refractivity contribution in [2.75, 3.05) is 7.11 Å². The van der Waals surface area contributed by atoms with Gasteiger partial charge in [0.05, 0.1) is 7.11 Å². The van der Waals surface area contributed by atoms with E-state index in [-0.39, 0.29) is 11.4 Å². The summed E-state index contributed by atoms with van der Waals surface area (Å²) < 4.78 is 18.5. The summed E-state index contributed by atoms with van der Waals surface area (Å²) in [6, 6.07) is 11.6. The van der Waals surface area contributed by atoms with Crippen LogP contribution in [-0.2, 0) is 6.54 Å². The van der Waals surface area contributed by atoms with Crippen LogP contribution in [-0.4, -0.2) is 25.8 Å². The van der Waals surface area contributed by atoms with E-state index in [2.05, 4.69) is 10.3 Å². The molecule has 0 aliphatic heterocycles. The highest BCUT2D eigenvalue weighted by molar-refractivity contribution is 6.38. The first-order valence-electron chi connectivity index (χ1n) is 7.05. The van der Waals surface area contributed by atoms with Crippen molar-refractivity contribution >= 4 is 30.1 Å². The van der Waals surface area contributed by atoms with Gasteiger partial charge in [-0.2, -0.15) is 0 Å². The predicted octanol–water partition coefficient (Wildman–Crippen LogP) is 2.04. The van der Waals surface area contributed by atoms with E-state index in [4.69, 9.17) is 12.6 Å². The summed E-state index contributed by atoms with van der Waals surface area (Å²) in [7, 11) is 7.34. The topological polar surface area (TPSA) is 54.1 Å². The number of hydrogen-bond donors (Lipinski definition) is 2. The molecular weight excluding hydrogens is 294 g/mol. The SMILES string of the molecule is [B]c1cc(F)cc2cc(C(=O)NCc3cccc(OC)c3)[nH]c12. The number of ether oxygens (including phenoxy) is 1. The van der Waals surface area contributed by atoms with Gasteiger partial charge in [0.1, 0.15) is 25.1 Å². The zero-order valence-corrected chi connectivity index (χ0v) is 12.5. The number of aromatic amines is 1. The van der Waals surface area contributed by atoms with E-state index in [0.717, 1.165) is 11.3 Å². The van der Waals surface area contributed by atoms with E-state index in [1.807, 2.05) is 24.3 Å². The molecule has 3 aromatic rings. The first-order chi connectivity index (χ1) is 11.1. The molecule has 0 aliphatic carbocycles. The van der Waals surface area contributed by atoms with Crippen LogP contribution in [0.25, 0.3) is 10.9 Å². The minimum atomic E-state index is -0.433. The maximum Gasteiger partial charge on any atom is 0.267 e. The van der Waals surface area contributed by atoms with E-state index in [9.17, 15) is 9.18 Å². The van der Waals surface area contributed by atoms with Gasteiger partial charge in [-0.3, -0.25) is 4.79 Å². The first kappa shape index (κ1) is 15.2. The number of hydrogen-bond acceptors (Lipinski definition) is 2. The zero-order valence-electron chi connectivity index (χ0n) is 12.5. The van der Waals surface area contributed by atoms with Gasteiger partial charge in [0.15, 0.2) is 0 Å². The lowest BCUT2D eigenvalue weighted by Crippen LogP contribution is -2.23. The Morgan fingerprint density at radius 2 is 2.13 bits per heavy atom. The van der Waals surface area contributed by atoms with Crippen LogP contribution in [0.2, 0.25) is 0 Å². The van der Waals surface area contributed by atoms with Crippen LogP contribution in [0.1, 0.15) is 16.1 Å². The molecule has 2 aromatic carbocycles. The molecule has 0 atom stereocenters. The Hall–Kier alpha value is -2.76. The van der Waals surface area contributed by atoms with Gasteiger partial charge in [0, 0.05) is 17.4 Å². The third-order valence-corrected chi connectivity index (χ3v) is 3.56. The van der Waals surface area contributed by atoms with Crippen molar-refractivity contribution < 1.29 is 13.9 Å². The lowest BCUT2D eigenvalue weighted by molar-refractivity contribution is 0.0946. The minimum absolute atomic E-state index is 0.270. The molecule has 0 saturated heterocycles. The molecule has 1 amide bonds. The van der Waals surface area contributed by atoms with Crippen molar-refractivity contribution in [1.82, 2.24) is 10.3 Å². The molecule has 0 fully saturated rings.